The molecule has 0 fully saturated rings. The third kappa shape index (κ3) is 2.35. The molecule has 1 aromatic carbocycles. The molecule has 0 radical (unpaired) electrons. The first-order valence-electron chi connectivity index (χ1n) is 5.73. The fraction of sp³-hybridized carbons (Fsp3) is 0.0714. The molecule has 5 heteroatoms. The smallest absolute Gasteiger partial charge is 0.230 e. The Balaban J connectivity index is 2.11. The zero-order valence-electron chi connectivity index (χ0n) is 10.2. The number of nitrogens with zero attached hydrogens (tertiary/aromatic N) is 3. The van der Waals surface area contributed by atoms with Crippen molar-refractivity contribution in [1.82, 2.24) is 15.0 Å². The fourth-order valence-corrected chi connectivity index (χ4v) is 2.05. The number of rotatable bonds is 2. The van der Waals surface area contributed by atoms with Gasteiger partial charge in [0.15, 0.2) is 0 Å². The van der Waals surface area contributed by atoms with Crippen LogP contribution in [0.2, 0.25) is 5.02 Å². The van der Waals surface area contributed by atoms with E-state index in [0.29, 0.717) is 16.7 Å². The molecule has 0 N–H and O–H groups in total. The number of pyridine rings is 1. The molecule has 2 aromatic heterocycles. The summed E-state index contributed by atoms with van der Waals surface area (Å²) in [7, 11) is 0. The van der Waals surface area contributed by atoms with Gasteiger partial charge in [0.2, 0.25) is 5.88 Å². The number of ether oxygens (including phenoxy) is 1. The molecule has 0 unspecified atom stereocenters. The van der Waals surface area contributed by atoms with Crippen molar-refractivity contribution in [3.63, 3.8) is 0 Å². The largest absolute Gasteiger partial charge is 0.437 e. The molecule has 0 aliphatic carbocycles. The van der Waals surface area contributed by atoms with Gasteiger partial charge in [0.25, 0.3) is 0 Å². The van der Waals surface area contributed by atoms with Gasteiger partial charge in [0, 0.05) is 12.3 Å². The van der Waals surface area contributed by atoms with Crippen molar-refractivity contribution in [2.24, 2.45) is 0 Å². The number of fused-ring (bicyclic) bond motifs is 1. The van der Waals surface area contributed by atoms with E-state index in [-0.39, 0.29) is 0 Å². The Morgan fingerprint density at radius 2 is 2.05 bits per heavy atom. The van der Waals surface area contributed by atoms with Gasteiger partial charge in [-0.05, 0) is 18.6 Å². The van der Waals surface area contributed by atoms with E-state index in [0.717, 1.165) is 16.5 Å². The lowest BCUT2D eigenvalue weighted by molar-refractivity contribution is 0.466. The maximum Gasteiger partial charge on any atom is 0.230 e. The van der Waals surface area contributed by atoms with Gasteiger partial charge in [-0.1, -0.05) is 23.7 Å². The Hall–Kier alpha value is -2.20. The van der Waals surface area contributed by atoms with E-state index < -0.39 is 0 Å². The molecular formula is C14H10ClN3O. The van der Waals surface area contributed by atoms with Gasteiger partial charge in [-0.3, -0.25) is 4.98 Å². The summed E-state index contributed by atoms with van der Waals surface area (Å²) in [5.74, 6) is 1.06. The van der Waals surface area contributed by atoms with Gasteiger partial charge in [0.05, 0.1) is 22.1 Å². The number of aryl methyl sites for hydroxylation is 1. The first-order chi connectivity index (χ1) is 9.24. The molecule has 0 saturated carbocycles. The third-order valence-electron chi connectivity index (χ3n) is 2.73. The number of hydrogen-bond donors (Lipinski definition) is 0. The zero-order chi connectivity index (χ0) is 13.2. The lowest BCUT2D eigenvalue weighted by Crippen LogP contribution is -1.93. The molecule has 4 nitrogen and oxygen atoms in total. The third-order valence-corrected chi connectivity index (χ3v) is 2.94. The highest BCUT2D eigenvalue weighted by molar-refractivity contribution is 6.30. The molecule has 0 aliphatic rings. The molecule has 0 saturated heterocycles. The van der Waals surface area contributed by atoms with Gasteiger partial charge in [0.1, 0.15) is 12.1 Å². The molecule has 2 heterocycles. The average molecular weight is 272 g/mol. The second-order valence-corrected chi connectivity index (χ2v) is 4.53. The lowest BCUT2D eigenvalue weighted by atomic mass is 10.1. The molecule has 0 aliphatic heterocycles. The summed E-state index contributed by atoms with van der Waals surface area (Å²) in [5, 5.41) is 1.41. The molecule has 3 rings (SSSR count). The normalized spacial score (nSPS) is 10.6. The topological polar surface area (TPSA) is 47.9 Å². The van der Waals surface area contributed by atoms with Crippen LogP contribution in [0.15, 0.2) is 43.0 Å². The van der Waals surface area contributed by atoms with Crippen molar-refractivity contribution in [2.45, 2.75) is 6.92 Å². The van der Waals surface area contributed by atoms with Gasteiger partial charge in [-0.25, -0.2) is 9.97 Å². The van der Waals surface area contributed by atoms with Crippen molar-refractivity contribution < 1.29 is 4.74 Å². The summed E-state index contributed by atoms with van der Waals surface area (Å²) in [6.45, 7) is 1.99. The minimum atomic E-state index is 0.507. The minimum Gasteiger partial charge on any atom is -0.437 e. The van der Waals surface area contributed by atoms with Crippen molar-refractivity contribution >= 4 is 22.5 Å². The Bertz CT molecular complexity index is 740. The van der Waals surface area contributed by atoms with E-state index >= 15 is 0 Å². The van der Waals surface area contributed by atoms with Crippen molar-refractivity contribution in [3.05, 3.63) is 53.6 Å². The van der Waals surface area contributed by atoms with E-state index in [1.54, 1.807) is 18.5 Å². The molecular weight excluding hydrogens is 262 g/mol. The van der Waals surface area contributed by atoms with E-state index in [1.807, 2.05) is 25.1 Å². The monoisotopic (exact) mass is 271 g/mol. The summed E-state index contributed by atoms with van der Waals surface area (Å²) in [6, 6.07) is 7.57. The molecule has 19 heavy (non-hydrogen) atoms. The van der Waals surface area contributed by atoms with Crippen LogP contribution in [0, 0.1) is 6.92 Å². The highest BCUT2D eigenvalue weighted by Crippen LogP contribution is 2.29. The van der Waals surface area contributed by atoms with E-state index in [9.17, 15) is 0 Å². The van der Waals surface area contributed by atoms with Crippen LogP contribution in [0.5, 0.6) is 11.6 Å². The first-order valence-corrected chi connectivity index (χ1v) is 6.10. The van der Waals surface area contributed by atoms with Gasteiger partial charge < -0.3 is 4.74 Å². The second kappa shape index (κ2) is 4.82. The van der Waals surface area contributed by atoms with Gasteiger partial charge in [-0.15, -0.1) is 0 Å². The molecule has 0 amide bonds. The van der Waals surface area contributed by atoms with Gasteiger partial charge in [-0.2, -0.15) is 0 Å². The molecule has 94 valence electrons. The summed E-state index contributed by atoms with van der Waals surface area (Å²) >= 11 is 5.89. The SMILES string of the molecule is Cc1cccc2ncnc(Oc3cncc(Cl)c3)c12. The van der Waals surface area contributed by atoms with E-state index in [2.05, 4.69) is 15.0 Å². The van der Waals surface area contributed by atoms with Crippen LogP contribution in [0.4, 0.5) is 0 Å². The molecule has 0 spiro atoms. The number of hydrogen-bond acceptors (Lipinski definition) is 4. The molecule has 0 atom stereocenters. The zero-order valence-corrected chi connectivity index (χ0v) is 10.9. The second-order valence-electron chi connectivity index (χ2n) is 4.09. The maximum absolute atomic E-state index is 5.89. The minimum absolute atomic E-state index is 0.507. The van der Waals surface area contributed by atoms with Crippen LogP contribution in [0.1, 0.15) is 5.56 Å². The van der Waals surface area contributed by atoms with Crippen molar-refractivity contribution in [1.29, 1.82) is 0 Å². The van der Waals surface area contributed by atoms with Crippen LogP contribution in [0.25, 0.3) is 10.9 Å². The quantitative estimate of drug-likeness (QED) is 0.712. The highest BCUT2D eigenvalue weighted by Gasteiger charge is 2.08. The molecule has 3 aromatic rings. The predicted molar refractivity (Wildman–Crippen MR) is 73.6 cm³/mol. The van der Waals surface area contributed by atoms with Crippen molar-refractivity contribution in [2.75, 3.05) is 0 Å². The van der Waals surface area contributed by atoms with Gasteiger partial charge >= 0.3 is 0 Å². The molecule has 0 bridgehead atoms. The number of halogens is 1. The Morgan fingerprint density at radius 1 is 1.16 bits per heavy atom. The standard InChI is InChI=1S/C14H10ClN3O/c1-9-3-2-4-12-13(9)14(18-8-17-12)19-11-5-10(15)6-16-7-11/h2-8H,1H3. The van der Waals surface area contributed by atoms with E-state index in [1.165, 1.54) is 6.33 Å². The summed E-state index contributed by atoms with van der Waals surface area (Å²) < 4.78 is 5.76. The summed E-state index contributed by atoms with van der Waals surface area (Å²) in [5.41, 5.74) is 1.91. The predicted octanol–water partition coefficient (Wildman–Crippen LogP) is 3.78. The van der Waals surface area contributed by atoms with Crippen LogP contribution in [-0.2, 0) is 0 Å². The van der Waals surface area contributed by atoms with Crippen LogP contribution >= 0.6 is 11.6 Å². The Kier molecular flexibility index (Phi) is 3.01. The number of aromatic nitrogens is 3. The van der Waals surface area contributed by atoms with Crippen LogP contribution < -0.4 is 4.74 Å². The highest BCUT2D eigenvalue weighted by atomic mass is 35.5. The maximum atomic E-state index is 5.89. The Labute approximate surface area is 115 Å². The van der Waals surface area contributed by atoms with Crippen LogP contribution in [0.3, 0.4) is 0 Å². The van der Waals surface area contributed by atoms with E-state index in [4.69, 9.17) is 16.3 Å². The van der Waals surface area contributed by atoms with Crippen LogP contribution in [-0.4, -0.2) is 15.0 Å². The van der Waals surface area contributed by atoms with Crippen molar-refractivity contribution in [3.8, 4) is 11.6 Å². The average Bonchev–Trinajstić information content (AvgIpc) is 2.39. The first kappa shape index (κ1) is 11.9. The number of benzene rings is 1. The summed E-state index contributed by atoms with van der Waals surface area (Å²) in [6.07, 6.45) is 4.63. The fourth-order valence-electron chi connectivity index (χ4n) is 1.88. The Morgan fingerprint density at radius 3 is 2.89 bits per heavy atom. The summed E-state index contributed by atoms with van der Waals surface area (Å²) in [4.78, 5) is 12.4. The lowest BCUT2D eigenvalue weighted by Gasteiger charge is -2.08.